The van der Waals surface area contributed by atoms with Gasteiger partial charge in [-0.05, 0) is 55.5 Å². The number of aromatic nitrogens is 4. The predicted octanol–water partition coefficient (Wildman–Crippen LogP) is 1.11. The Morgan fingerprint density at radius 3 is 2.60 bits per heavy atom. The van der Waals surface area contributed by atoms with Gasteiger partial charge in [-0.3, -0.25) is 4.79 Å². The van der Waals surface area contributed by atoms with Gasteiger partial charge >= 0.3 is 0 Å². The maximum atomic E-state index is 12.4. The number of halogens is 1. The summed E-state index contributed by atoms with van der Waals surface area (Å²) in [6.07, 6.45) is 4.89. The van der Waals surface area contributed by atoms with Crippen molar-refractivity contribution in [3.63, 3.8) is 0 Å². The first-order valence-electron chi connectivity index (χ1n) is 10.7. The van der Waals surface area contributed by atoms with Gasteiger partial charge in [0.2, 0.25) is 11.2 Å². The minimum atomic E-state index is -1.13. The zero-order valence-corrected chi connectivity index (χ0v) is 17.4. The highest BCUT2D eigenvalue weighted by Gasteiger charge is 2.75. The summed E-state index contributed by atoms with van der Waals surface area (Å²) in [6, 6.07) is -0.115. The molecule has 0 radical (unpaired) electrons. The summed E-state index contributed by atoms with van der Waals surface area (Å²) in [5.41, 5.74) is 0.167. The summed E-state index contributed by atoms with van der Waals surface area (Å²) in [6.45, 7) is 0. The molecule has 4 fully saturated rings. The van der Waals surface area contributed by atoms with Gasteiger partial charge < -0.3 is 25.4 Å². The van der Waals surface area contributed by atoms with E-state index in [1.165, 1.54) is 25.7 Å². The predicted molar refractivity (Wildman–Crippen MR) is 109 cm³/mol. The third kappa shape index (κ3) is 2.31. The number of amides is 1. The third-order valence-corrected chi connectivity index (χ3v) is 8.34. The lowest BCUT2D eigenvalue weighted by molar-refractivity contribution is -0.132. The van der Waals surface area contributed by atoms with Gasteiger partial charge in [-0.2, -0.15) is 9.97 Å². The Morgan fingerprint density at radius 1 is 1.23 bits per heavy atom. The van der Waals surface area contributed by atoms with Gasteiger partial charge in [-0.15, -0.1) is 0 Å². The quantitative estimate of drug-likeness (QED) is 0.533. The van der Waals surface area contributed by atoms with Crippen LogP contribution in [0, 0.1) is 23.2 Å². The van der Waals surface area contributed by atoms with Crippen molar-refractivity contribution in [2.24, 2.45) is 23.2 Å². The number of carbonyl (C=O) groups is 1. The van der Waals surface area contributed by atoms with E-state index in [-0.39, 0.29) is 17.1 Å². The van der Waals surface area contributed by atoms with E-state index in [2.05, 4.69) is 25.6 Å². The van der Waals surface area contributed by atoms with Crippen molar-refractivity contribution >= 4 is 34.5 Å². The second-order valence-corrected chi connectivity index (χ2v) is 9.70. The smallest absolute Gasteiger partial charge is 0.229 e. The molecule has 9 nitrogen and oxygen atoms in total. The van der Waals surface area contributed by atoms with Gasteiger partial charge in [0.05, 0.1) is 23.9 Å². The van der Waals surface area contributed by atoms with E-state index >= 15 is 0 Å². The van der Waals surface area contributed by atoms with Crippen molar-refractivity contribution in [1.82, 2.24) is 24.8 Å². The van der Waals surface area contributed by atoms with Crippen LogP contribution in [0.4, 0.5) is 5.82 Å². The van der Waals surface area contributed by atoms with Crippen molar-refractivity contribution in [2.75, 3.05) is 12.4 Å². The molecular formula is C20H25ClN6O3. The number of anilines is 1. The van der Waals surface area contributed by atoms with Gasteiger partial charge in [0, 0.05) is 19.0 Å². The van der Waals surface area contributed by atoms with Crippen LogP contribution in [-0.2, 0) is 4.79 Å². The molecule has 4 saturated carbocycles. The fraction of sp³-hybridized carbons (Fsp3) is 0.700. The largest absolute Gasteiger partial charge is 0.389 e. The zero-order valence-electron chi connectivity index (χ0n) is 16.6. The average Bonchev–Trinajstić information content (AvgIpc) is 2.99. The van der Waals surface area contributed by atoms with E-state index in [0.717, 1.165) is 0 Å². The molecule has 30 heavy (non-hydrogen) atoms. The Kier molecular flexibility index (Phi) is 3.93. The fourth-order valence-corrected chi connectivity index (χ4v) is 6.80. The first-order chi connectivity index (χ1) is 14.5. The highest BCUT2D eigenvalue weighted by molar-refractivity contribution is 6.28. The van der Waals surface area contributed by atoms with Crippen LogP contribution in [-0.4, -0.2) is 60.9 Å². The number of hydrogen-bond donors (Lipinski definition) is 4. The molecule has 2 bridgehead atoms. The first kappa shape index (κ1) is 18.8. The fourth-order valence-electron chi connectivity index (χ4n) is 6.64. The molecule has 2 aromatic rings. The van der Waals surface area contributed by atoms with Crippen LogP contribution in [0.15, 0.2) is 6.33 Å². The summed E-state index contributed by atoms with van der Waals surface area (Å²) in [5.74, 6) is 1.52. The van der Waals surface area contributed by atoms with Crippen molar-refractivity contribution in [2.45, 2.75) is 56.4 Å². The Hall–Kier alpha value is -1.97. The summed E-state index contributed by atoms with van der Waals surface area (Å²) >= 11 is 6.27. The molecule has 4 aliphatic rings. The highest BCUT2D eigenvalue weighted by Crippen LogP contribution is 2.67. The van der Waals surface area contributed by atoms with E-state index in [1.54, 1.807) is 17.9 Å². The molecule has 0 spiro atoms. The van der Waals surface area contributed by atoms with Crippen LogP contribution in [0.5, 0.6) is 0 Å². The number of imidazole rings is 1. The van der Waals surface area contributed by atoms with Gasteiger partial charge in [0.25, 0.3) is 0 Å². The lowest BCUT2D eigenvalue weighted by Crippen LogP contribution is -2.41. The molecule has 6 rings (SSSR count). The van der Waals surface area contributed by atoms with Crippen LogP contribution in [0.2, 0.25) is 5.28 Å². The summed E-state index contributed by atoms with van der Waals surface area (Å²) in [7, 11) is 1.55. The second kappa shape index (κ2) is 6.27. The van der Waals surface area contributed by atoms with E-state index < -0.39 is 23.7 Å². The second-order valence-electron chi connectivity index (χ2n) is 9.37. The normalized spacial score (nSPS) is 41.3. The van der Waals surface area contributed by atoms with E-state index in [0.29, 0.717) is 41.3 Å². The lowest BCUT2D eigenvalue weighted by Gasteiger charge is -2.23. The molecule has 4 aliphatic carbocycles. The standard InChI is InChI=1S/C20H25ClN6O3/c1-22-18(30)20-6-10(20)13(14(28)15(20)29)27-7-23-12-16(25-19(21)26-17(12)27)24-11-8-2-3-9(11)5-4-8/h7-11,13-15,28-29H,2-6H2,1H3,(H,22,30)(H,24,25,26)/t8?,9?,10-,11?,13-,14+,15+,20-/m1/s1. The highest BCUT2D eigenvalue weighted by atomic mass is 35.5. The Morgan fingerprint density at radius 2 is 1.93 bits per heavy atom. The molecule has 0 saturated heterocycles. The van der Waals surface area contributed by atoms with Crippen LogP contribution < -0.4 is 10.6 Å². The summed E-state index contributed by atoms with van der Waals surface area (Å²) in [4.78, 5) is 25.8. The molecule has 5 atom stereocenters. The molecule has 2 aromatic heterocycles. The van der Waals surface area contributed by atoms with Crippen LogP contribution in [0.3, 0.4) is 0 Å². The van der Waals surface area contributed by atoms with Gasteiger partial charge in [-0.25, -0.2) is 4.98 Å². The number of aliphatic hydroxyl groups excluding tert-OH is 2. The zero-order chi connectivity index (χ0) is 20.8. The molecule has 0 unspecified atom stereocenters. The minimum absolute atomic E-state index is 0.110. The number of rotatable bonds is 4. The number of nitrogens with zero attached hydrogens (tertiary/aromatic N) is 4. The molecule has 10 heteroatoms. The van der Waals surface area contributed by atoms with E-state index in [9.17, 15) is 15.0 Å². The van der Waals surface area contributed by atoms with Crippen LogP contribution in [0.25, 0.3) is 11.2 Å². The number of fused-ring (bicyclic) bond motifs is 4. The van der Waals surface area contributed by atoms with Gasteiger partial charge in [-0.1, -0.05) is 0 Å². The molecule has 0 aromatic carbocycles. The topological polar surface area (TPSA) is 125 Å². The van der Waals surface area contributed by atoms with Gasteiger partial charge in [0.15, 0.2) is 17.0 Å². The first-order valence-corrected chi connectivity index (χ1v) is 11.1. The SMILES string of the molecule is CNC(=O)[C@]12C[C@@H]1[C@@H](n1cnc3c(NC4C5CCC4CC5)nc(Cl)nc31)[C@H](O)[C@@H]2O. The molecule has 1 amide bonds. The van der Waals surface area contributed by atoms with Crippen LogP contribution in [0.1, 0.15) is 38.1 Å². The number of aliphatic hydroxyl groups is 2. The monoisotopic (exact) mass is 432 g/mol. The van der Waals surface area contributed by atoms with Crippen molar-refractivity contribution < 1.29 is 15.0 Å². The van der Waals surface area contributed by atoms with Gasteiger partial charge in [0.1, 0.15) is 6.10 Å². The molecule has 2 heterocycles. The summed E-state index contributed by atoms with van der Waals surface area (Å²) in [5, 5.41) is 27.7. The van der Waals surface area contributed by atoms with E-state index in [1.807, 2.05) is 0 Å². The molecular weight excluding hydrogens is 408 g/mol. The summed E-state index contributed by atoms with van der Waals surface area (Å²) < 4.78 is 1.76. The maximum Gasteiger partial charge on any atom is 0.229 e. The molecule has 0 aliphatic heterocycles. The Balaban J connectivity index is 1.38. The third-order valence-electron chi connectivity index (χ3n) is 8.17. The van der Waals surface area contributed by atoms with E-state index in [4.69, 9.17) is 11.6 Å². The average molecular weight is 433 g/mol. The minimum Gasteiger partial charge on any atom is -0.389 e. The molecule has 4 N–H and O–H groups in total. The van der Waals surface area contributed by atoms with Crippen molar-refractivity contribution in [1.29, 1.82) is 0 Å². The maximum absolute atomic E-state index is 12.4. The Labute approximate surface area is 178 Å². The number of nitrogens with one attached hydrogen (secondary N) is 2. The van der Waals surface area contributed by atoms with Crippen LogP contribution >= 0.6 is 11.6 Å². The molecule has 160 valence electrons. The number of carbonyl (C=O) groups excluding carboxylic acids is 1. The van der Waals surface area contributed by atoms with Crippen molar-refractivity contribution in [3.8, 4) is 0 Å². The number of hydrogen-bond acceptors (Lipinski definition) is 7. The van der Waals surface area contributed by atoms with Crippen molar-refractivity contribution in [3.05, 3.63) is 11.6 Å². The lowest BCUT2D eigenvalue weighted by atomic mass is 9.98. The Bertz CT molecular complexity index is 1020.